The van der Waals surface area contributed by atoms with Crippen LogP contribution in [0, 0.1) is 5.92 Å². The Bertz CT molecular complexity index is 754. The smallest absolute Gasteiger partial charge is 0.387 e. The van der Waals surface area contributed by atoms with Gasteiger partial charge in [0.15, 0.2) is 0 Å². The summed E-state index contributed by atoms with van der Waals surface area (Å²) in [6.45, 7) is -2.87. The van der Waals surface area contributed by atoms with E-state index in [2.05, 4.69) is 4.74 Å². The molecule has 1 unspecified atom stereocenters. The number of alkyl halides is 2. The highest BCUT2D eigenvalue weighted by atomic mass is 19.3. The fourth-order valence-electron chi connectivity index (χ4n) is 3.53. The minimum atomic E-state index is -3.05. The molecule has 2 aliphatic rings. The molecule has 1 aromatic rings. The third-order valence-corrected chi connectivity index (χ3v) is 4.97. The van der Waals surface area contributed by atoms with E-state index >= 15 is 0 Å². The molecule has 3 rings (SSSR count). The summed E-state index contributed by atoms with van der Waals surface area (Å²) in [5.74, 6) is -2.52. The van der Waals surface area contributed by atoms with E-state index in [-0.39, 0.29) is 36.4 Å². The Morgan fingerprint density at radius 2 is 1.93 bits per heavy atom. The van der Waals surface area contributed by atoms with Crippen LogP contribution >= 0.6 is 0 Å². The minimum Gasteiger partial charge on any atom is -0.480 e. The minimum absolute atomic E-state index is 0.0143. The molecule has 0 spiro atoms. The zero-order valence-electron chi connectivity index (χ0n) is 15.2. The summed E-state index contributed by atoms with van der Waals surface area (Å²) < 4.78 is 29.6. The number of ether oxygens (including phenoxy) is 1. The maximum absolute atomic E-state index is 12.8. The number of aliphatic carboxylic acids is 1. The van der Waals surface area contributed by atoms with Crippen LogP contribution in [-0.2, 0) is 9.59 Å². The maximum Gasteiger partial charge on any atom is 0.387 e. The molecule has 0 aromatic heterocycles. The molecule has 1 aromatic carbocycles. The Morgan fingerprint density at radius 1 is 1.21 bits per heavy atom. The van der Waals surface area contributed by atoms with Gasteiger partial charge in [0, 0.05) is 19.1 Å². The predicted octanol–water partition coefficient (Wildman–Crippen LogP) is 2.22. The van der Waals surface area contributed by atoms with Gasteiger partial charge in [-0.1, -0.05) is 12.1 Å². The van der Waals surface area contributed by atoms with Gasteiger partial charge in [0.2, 0.25) is 5.91 Å². The third kappa shape index (κ3) is 4.76. The number of carbonyl (C=O) groups is 3. The van der Waals surface area contributed by atoms with Crippen molar-refractivity contribution >= 4 is 17.8 Å². The number of halogens is 2. The summed E-state index contributed by atoms with van der Waals surface area (Å²) in [6, 6.07) is 5.71. The monoisotopic (exact) mass is 396 g/mol. The third-order valence-electron chi connectivity index (χ3n) is 4.97. The normalized spacial score (nSPS) is 19.4. The molecule has 1 N–H and O–H groups in total. The topological polar surface area (TPSA) is 87.2 Å². The van der Waals surface area contributed by atoms with Crippen LogP contribution in [0.25, 0.3) is 0 Å². The zero-order chi connectivity index (χ0) is 20.3. The number of carboxylic acid groups (broad SMARTS) is 1. The molecule has 1 saturated heterocycles. The van der Waals surface area contributed by atoms with Crippen LogP contribution in [0.15, 0.2) is 24.3 Å². The SMILES string of the molecule is O=C(O)CN(C(=O)C1CCCN(C(=O)c2ccccc2OC(F)F)C1)C1CC1. The Kier molecular flexibility index (Phi) is 6.11. The van der Waals surface area contributed by atoms with Crippen LogP contribution in [0.4, 0.5) is 8.78 Å². The average molecular weight is 396 g/mol. The number of rotatable bonds is 7. The quantitative estimate of drug-likeness (QED) is 0.764. The first-order valence-electron chi connectivity index (χ1n) is 9.22. The predicted molar refractivity (Wildman–Crippen MR) is 94.1 cm³/mol. The molecule has 1 aliphatic heterocycles. The summed E-state index contributed by atoms with van der Waals surface area (Å²) in [7, 11) is 0. The number of amides is 2. The van der Waals surface area contributed by atoms with Crippen molar-refractivity contribution in [3.05, 3.63) is 29.8 Å². The lowest BCUT2D eigenvalue weighted by molar-refractivity contribution is -0.147. The second kappa shape index (κ2) is 8.53. The molecule has 1 saturated carbocycles. The summed E-state index contributed by atoms with van der Waals surface area (Å²) in [6.07, 6.45) is 2.70. The summed E-state index contributed by atoms with van der Waals surface area (Å²) >= 11 is 0. The van der Waals surface area contributed by atoms with E-state index in [1.54, 1.807) is 6.07 Å². The summed E-state index contributed by atoms with van der Waals surface area (Å²) in [5.41, 5.74) is 0.0143. The fraction of sp³-hybridized carbons (Fsp3) is 0.526. The van der Waals surface area contributed by atoms with Crippen LogP contribution in [0.2, 0.25) is 0 Å². The summed E-state index contributed by atoms with van der Waals surface area (Å²) in [4.78, 5) is 39.6. The van der Waals surface area contributed by atoms with Crippen LogP contribution in [-0.4, -0.2) is 65.0 Å². The Hall–Kier alpha value is -2.71. The van der Waals surface area contributed by atoms with Gasteiger partial charge in [-0.15, -0.1) is 0 Å². The molecule has 1 aliphatic carbocycles. The average Bonchev–Trinajstić information content (AvgIpc) is 3.50. The number of piperidine rings is 1. The first-order chi connectivity index (χ1) is 13.4. The van der Waals surface area contributed by atoms with Crippen molar-refractivity contribution in [2.24, 2.45) is 5.92 Å². The molecule has 0 radical (unpaired) electrons. The molecular weight excluding hydrogens is 374 g/mol. The van der Waals surface area contributed by atoms with Crippen LogP contribution in [0.5, 0.6) is 5.75 Å². The molecular formula is C19H22F2N2O5. The number of carbonyl (C=O) groups excluding carboxylic acids is 2. The van der Waals surface area contributed by atoms with Crippen molar-refractivity contribution in [2.75, 3.05) is 19.6 Å². The number of carboxylic acids is 1. The van der Waals surface area contributed by atoms with Crippen LogP contribution in [0.1, 0.15) is 36.0 Å². The summed E-state index contributed by atoms with van der Waals surface area (Å²) in [5, 5.41) is 9.07. The van der Waals surface area contributed by atoms with E-state index in [0.717, 1.165) is 12.8 Å². The maximum atomic E-state index is 12.8. The van der Waals surface area contributed by atoms with Gasteiger partial charge in [-0.3, -0.25) is 14.4 Å². The van der Waals surface area contributed by atoms with Crippen molar-refractivity contribution in [1.29, 1.82) is 0 Å². The number of para-hydroxylation sites is 1. The van der Waals surface area contributed by atoms with Gasteiger partial charge in [-0.25, -0.2) is 0 Å². The van der Waals surface area contributed by atoms with Gasteiger partial charge >= 0.3 is 12.6 Å². The van der Waals surface area contributed by atoms with Crippen molar-refractivity contribution in [2.45, 2.75) is 38.3 Å². The van der Waals surface area contributed by atoms with Gasteiger partial charge < -0.3 is 19.6 Å². The van der Waals surface area contributed by atoms with Crippen molar-refractivity contribution in [3.8, 4) is 5.75 Å². The number of hydrogen-bond acceptors (Lipinski definition) is 4. The van der Waals surface area contributed by atoms with Crippen molar-refractivity contribution in [3.63, 3.8) is 0 Å². The van der Waals surface area contributed by atoms with Gasteiger partial charge in [0.1, 0.15) is 12.3 Å². The highest BCUT2D eigenvalue weighted by molar-refractivity contribution is 5.97. The Labute approximate surface area is 160 Å². The molecule has 9 heteroatoms. The highest BCUT2D eigenvalue weighted by Gasteiger charge is 2.39. The van der Waals surface area contributed by atoms with Gasteiger partial charge in [-0.05, 0) is 37.8 Å². The van der Waals surface area contributed by atoms with E-state index in [0.29, 0.717) is 19.4 Å². The molecule has 2 fully saturated rings. The van der Waals surface area contributed by atoms with E-state index in [4.69, 9.17) is 5.11 Å². The zero-order valence-corrected chi connectivity index (χ0v) is 15.2. The highest BCUT2D eigenvalue weighted by Crippen LogP contribution is 2.31. The lowest BCUT2D eigenvalue weighted by Gasteiger charge is -2.35. The second-order valence-corrected chi connectivity index (χ2v) is 7.06. The molecule has 152 valence electrons. The standard InChI is InChI=1S/C19H22F2N2O5/c20-19(21)28-15-6-2-1-5-14(15)18(27)22-9-3-4-12(10-22)17(26)23(11-16(24)25)13-7-8-13/h1-2,5-6,12-13,19H,3-4,7-11H2,(H,24,25). The van der Waals surface area contributed by atoms with E-state index < -0.39 is 24.4 Å². The molecule has 7 nitrogen and oxygen atoms in total. The van der Waals surface area contributed by atoms with Gasteiger partial charge in [0.05, 0.1) is 11.5 Å². The van der Waals surface area contributed by atoms with E-state index in [1.165, 1.54) is 28.0 Å². The molecule has 1 atom stereocenters. The lowest BCUT2D eigenvalue weighted by atomic mass is 9.95. The first kappa shape index (κ1) is 20.0. The Balaban J connectivity index is 1.72. The van der Waals surface area contributed by atoms with Crippen molar-refractivity contribution < 1.29 is 33.0 Å². The molecule has 1 heterocycles. The van der Waals surface area contributed by atoms with Crippen LogP contribution < -0.4 is 4.74 Å². The Morgan fingerprint density at radius 3 is 2.57 bits per heavy atom. The van der Waals surface area contributed by atoms with Gasteiger partial charge in [0.25, 0.3) is 5.91 Å². The molecule has 2 amide bonds. The number of likely N-dealkylation sites (tertiary alicyclic amines) is 1. The largest absolute Gasteiger partial charge is 0.480 e. The first-order valence-corrected chi connectivity index (χ1v) is 9.22. The number of hydrogen-bond donors (Lipinski definition) is 1. The lowest BCUT2D eigenvalue weighted by Crippen LogP contribution is -2.48. The van der Waals surface area contributed by atoms with Crippen LogP contribution in [0.3, 0.4) is 0 Å². The fourth-order valence-corrected chi connectivity index (χ4v) is 3.53. The van der Waals surface area contributed by atoms with E-state index in [9.17, 15) is 23.2 Å². The van der Waals surface area contributed by atoms with Gasteiger partial charge in [-0.2, -0.15) is 8.78 Å². The number of nitrogens with zero attached hydrogens (tertiary/aromatic N) is 2. The second-order valence-electron chi connectivity index (χ2n) is 7.06. The van der Waals surface area contributed by atoms with Crippen molar-refractivity contribution in [1.82, 2.24) is 9.80 Å². The molecule has 28 heavy (non-hydrogen) atoms. The van der Waals surface area contributed by atoms with E-state index in [1.807, 2.05) is 0 Å². The molecule has 0 bridgehead atoms. The number of benzene rings is 1.